The Morgan fingerprint density at radius 2 is 2.41 bits per heavy atom. The maximum absolute atomic E-state index is 11.9. The Bertz CT molecular complexity index is 667. The van der Waals surface area contributed by atoms with Crippen LogP contribution in [-0.4, -0.2) is 51.8 Å². The van der Waals surface area contributed by atoms with Gasteiger partial charge in [0.2, 0.25) is 0 Å². The summed E-state index contributed by atoms with van der Waals surface area (Å²) in [4.78, 5) is 15.6. The minimum absolute atomic E-state index is 0.0941. The predicted octanol–water partition coefficient (Wildman–Crippen LogP) is -0.370. The van der Waals surface area contributed by atoms with Crippen LogP contribution in [0.3, 0.4) is 0 Å². The summed E-state index contributed by atoms with van der Waals surface area (Å²) in [5, 5.41) is 10.5. The highest BCUT2D eigenvalue weighted by molar-refractivity contribution is 7.38. The number of fused-ring (bicyclic) bond motifs is 2. The summed E-state index contributed by atoms with van der Waals surface area (Å²) in [5.41, 5.74) is 3.69. The molecule has 0 amide bonds. The zero-order valence-electron chi connectivity index (χ0n) is 12.1. The molecule has 0 radical (unpaired) electrons. The van der Waals surface area contributed by atoms with Gasteiger partial charge < -0.3 is 20.3 Å². The van der Waals surface area contributed by atoms with Crippen LogP contribution in [0.2, 0.25) is 0 Å². The number of anilines is 1. The molecule has 3 heterocycles. The quantitative estimate of drug-likeness (QED) is 0.716. The number of ether oxygens (including phenoxy) is 2. The zero-order valence-corrected chi connectivity index (χ0v) is 13.0. The van der Waals surface area contributed by atoms with Crippen molar-refractivity contribution in [2.45, 2.75) is 37.1 Å². The number of rotatable bonds is 4. The van der Waals surface area contributed by atoms with Crippen LogP contribution in [0.4, 0.5) is 5.82 Å². The van der Waals surface area contributed by atoms with E-state index in [1.807, 2.05) is 0 Å². The van der Waals surface area contributed by atoms with Gasteiger partial charge in [-0.25, -0.2) is 4.79 Å². The highest BCUT2D eigenvalue weighted by atomic mass is 31.1. The average molecular weight is 330 g/mol. The lowest BCUT2D eigenvalue weighted by atomic mass is 9.94. The first kappa shape index (κ1) is 15.5. The van der Waals surface area contributed by atoms with Crippen molar-refractivity contribution in [1.82, 2.24) is 9.55 Å². The van der Waals surface area contributed by atoms with Gasteiger partial charge in [0.05, 0.1) is 6.61 Å². The van der Waals surface area contributed by atoms with Crippen LogP contribution >= 0.6 is 8.03 Å². The number of hydrogen-bond acceptors (Lipinski definition) is 8. The second kappa shape index (κ2) is 5.36. The molecular weight excluding hydrogens is 313 g/mol. The van der Waals surface area contributed by atoms with E-state index >= 15 is 0 Å². The molecule has 2 bridgehead atoms. The summed E-state index contributed by atoms with van der Waals surface area (Å²) >= 11 is 0. The maximum atomic E-state index is 11.9. The van der Waals surface area contributed by atoms with Crippen LogP contribution in [0.15, 0.2) is 17.1 Å². The topological polar surface area (TPSA) is 126 Å². The summed E-state index contributed by atoms with van der Waals surface area (Å²) in [6.45, 7) is 3.16. The van der Waals surface area contributed by atoms with E-state index in [4.69, 9.17) is 19.7 Å². The summed E-state index contributed by atoms with van der Waals surface area (Å²) in [6.07, 6.45) is -1.81. The Morgan fingerprint density at radius 3 is 3.05 bits per heavy atom. The minimum atomic E-state index is -1.87. The first-order valence-electron chi connectivity index (χ1n) is 6.75. The summed E-state index contributed by atoms with van der Waals surface area (Å²) in [7, 11) is -1.87. The molecule has 9 nitrogen and oxygen atoms in total. The third kappa shape index (κ3) is 2.26. The van der Waals surface area contributed by atoms with E-state index < -0.39 is 43.9 Å². The van der Waals surface area contributed by atoms with Crippen molar-refractivity contribution in [1.29, 1.82) is 0 Å². The lowest BCUT2D eigenvalue weighted by Crippen LogP contribution is -2.50. The second-order valence-corrected chi connectivity index (χ2v) is 6.50. The normalized spacial score (nSPS) is 35.6. The number of aliphatic hydroxyl groups is 1. The Kier molecular flexibility index (Phi) is 3.78. The molecule has 1 unspecified atom stereocenters. The first-order valence-corrected chi connectivity index (χ1v) is 8.37. The molecule has 0 saturated carbocycles. The van der Waals surface area contributed by atoms with Crippen LogP contribution in [0.25, 0.3) is 0 Å². The van der Waals surface area contributed by atoms with Gasteiger partial charge in [-0.05, 0) is 17.6 Å². The average Bonchev–Trinajstić information content (AvgIpc) is 2.90. The molecule has 0 aromatic carbocycles. The zero-order chi connectivity index (χ0) is 16.1. The van der Waals surface area contributed by atoms with E-state index in [1.54, 1.807) is 6.92 Å². The van der Waals surface area contributed by atoms with Gasteiger partial charge in [-0.1, -0.05) is 0 Å². The molecule has 0 aliphatic carbocycles. The third-order valence-corrected chi connectivity index (χ3v) is 4.67. The predicted molar refractivity (Wildman–Crippen MR) is 75.6 cm³/mol. The highest BCUT2D eigenvalue weighted by Crippen LogP contribution is 2.48. The molecule has 6 atom stereocenters. The van der Waals surface area contributed by atoms with Crippen LogP contribution < -0.4 is 11.4 Å². The van der Waals surface area contributed by atoms with Gasteiger partial charge in [0.25, 0.3) is 0 Å². The monoisotopic (exact) mass is 330 g/mol. The fourth-order valence-electron chi connectivity index (χ4n) is 2.92. The SMILES string of the molecule is C[C@H](O[P+](C)=O)[C@@]12CO[C@@H]([C@H](n3ccc(N)nc3=O)O1)[C@@H]2O. The third-order valence-electron chi connectivity index (χ3n) is 4.05. The molecule has 10 heteroatoms. The van der Waals surface area contributed by atoms with Crippen molar-refractivity contribution in [2.75, 3.05) is 19.0 Å². The van der Waals surface area contributed by atoms with Gasteiger partial charge >= 0.3 is 13.7 Å². The Hall–Kier alpha value is -1.38. The van der Waals surface area contributed by atoms with E-state index in [-0.39, 0.29) is 12.4 Å². The molecule has 2 aliphatic heterocycles. The van der Waals surface area contributed by atoms with Gasteiger partial charge in [-0.15, -0.1) is 4.52 Å². The summed E-state index contributed by atoms with van der Waals surface area (Å²) in [6, 6.07) is 1.46. The fourth-order valence-corrected chi connectivity index (χ4v) is 3.54. The van der Waals surface area contributed by atoms with Crippen molar-refractivity contribution in [3.05, 3.63) is 22.7 Å². The summed E-state index contributed by atoms with van der Waals surface area (Å²) < 4.78 is 29.2. The van der Waals surface area contributed by atoms with Gasteiger partial charge in [-0.3, -0.25) is 4.57 Å². The Morgan fingerprint density at radius 1 is 1.68 bits per heavy atom. The second-order valence-electron chi connectivity index (χ2n) is 5.41. The Balaban J connectivity index is 1.92. The number of hydrogen-bond donors (Lipinski definition) is 2. The number of nitrogen functional groups attached to an aromatic ring is 1. The van der Waals surface area contributed by atoms with E-state index in [9.17, 15) is 14.5 Å². The van der Waals surface area contributed by atoms with Crippen LogP contribution in [0.5, 0.6) is 0 Å². The molecule has 2 fully saturated rings. The van der Waals surface area contributed by atoms with Crippen molar-refractivity contribution < 1.29 is 23.7 Å². The molecule has 22 heavy (non-hydrogen) atoms. The van der Waals surface area contributed by atoms with Crippen molar-refractivity contribution in [2.24, 2.45) is 0 Å². The lowest BCUT2D eigenvalue weighted by Gasteiger charge is -2.33. The molecule has 3 N–H and O–H groups in total. The molecule has 2 aliphatic rings. The lowest BCUT2D eigenvalue weighted by molar-refractivity contribution is -0.201. The fraction of sp³-hybridized carbons (Fsp3) is 0.667. The number of aromatic nitrogens is 2. The van der Waals surface area contributed by atoms with Crippen molar-refractivity contribution in [3.8, 4) is 0 Å². The smallest absolute Gasteiger partial charge is 0.387 e. The molecule has 3 rings (SSSR count). The molecule has 1 aromatic heterocycles. The van der Waals surface area contributed by atoms with Crippen LogP contribution in [-0.2, 0) is 18.6 Å². The standard InChI is InChI=1S/C12H16N3O6P/c1-6(21-22(2)18)12-5-19-8(9(12)16)10(20-12)15-4-3-7(13)14-11(15)17/h3-4,6,8-10,16H,5H2,1-2H3,(H-,13,14,17)/p+1/t6-,8+,9-,10+,12+/m0/s1. The number of nitrogens with two attached hydrogens (primary N) is 1. The van der Waals surface area contributed by atoms with Crippen molar-refractivity contribution >= 4 is 13.8 Å². The molecular formula is C12H17N3O6P+. The van der Waals surface area contributed by atoms with Crippen LogP contribution in [0, 0.1) is 0 Å². The van der Waals surface area contributed by atoms with Crippen molar-refractivity contribution in [3.63, 3.8) is 0 Å². The largest absolute Gasteiger partial charge is 0.505 e. The van der Waals surface area contributed by atoms with Gasteiger partial charge in [0.1, 0.15) is 24.1 Å². The van der Waals surface area contributed by atoms with E-state index in [2.05, 4.69) is 4.98 Å². The van der Waals surface area contributed by atoms with E-state index in [0.29, 0.717) is 0 Å². The van der Waals surface area contributed by atoms with Gasteiger partial charge in [0, 0.05) is 6.20 Å². The number of nitrogens with zero attached hydrogens (tertiary/aromatic N) is 2. The highest BCUT2D eigenvalue weighted by Gasteiger charge is 2.65. The van der Waals surface area contributed by atoms with Gasteiger partial charge in [0.15, 0.2) is 18.5 Å². The van der Waals surface area contributed by atoms with Crippen LogP contribution in [0.1, 0.15) is 13.2 Å². The minimum Gasteiger partial charge on any atom is -0.387 e. The number of aliphatic hydroxyl groups excluding tert-OH is 1. The van der Waals surface area contributed by atoms with Gasteiger partial charge in [-0.2, -0.15) is 4.98 Å². The molecule has 2 saturated heterocycles. The first-order chi connectivity index (χ1) is 10.3. The van der Waals surface area contributed by atoms with E-state index in [1.165, 1.54) is 23.5 Å². The molecule has 1 aromatic rings. The Labute approximate surface area is 126 Å². The molecule has 0 spiro atoms. The summed E-state index contributed by atoms with van der Waals surface area (Å²) in [5.74, 6) is 0.0975. The molecule has 120 valence electrons. The maximum Gasteiger partial charge on any atom is 0.505 e. The van der Waals surface area contributed by atoms with E-state index in [0.717, 1.165) is 0 Å².